The number of thioether (sulfide) groups is 1. The van der Waals surface area contributed by atoms with Crippen LogP contribution in [0, 0.1) is 0 Å². The monoisotopic (exact) mass is 439 g/mol. The number of para-hydroxylation sites is 2. The number of ether oxygens (including phenoxy) is 1. The van der Waals surface area contributed by atoms with E-state index in [0.29, 0.717) is 13.0 Å². The van der Waals surface area contributed by atoms with Crippen LogP contribution in [0.25, 0.3) is 11.0 Å². The second-order valence-electron chi connectivity index (χ2n) is 8.27. The van der Waals surface area contributed by atoms with Crippen LogP contribution in [-0.2, 0) is 27.3 Å². The fourth-order valence-electron chi connectivity index (χ4n) is 3.13. The Morgan fingerprint density at radius 1 is 1.06 bits per heavy atom. The van der Waals surface area contributed by atoms with Crippen LogP contribution in [0.5, 0.6) is 0 Å². The molecule has 0 unspecified atom stereocenters. The van der Waals surface area contributed by atoms with E-state index in [2.05, 4.69) is 10.3 Å². The first-order chi connectivity index (χ1) is 14.8. The number of hydrogen-bond acceptors (Lipinski definition) is 5. The van der Waals surface area contributed by atoms with Gasteiger partial charge in [0, 0.05) is 12.3 Å². The van der Waals surface area contributed by atoms with Gasteiger partial charge in [-0.05, 0) is 44.9 Å². The van der Waals surface area contributed by atoms with E-state index >= 15 is 0 Å². The summed E-state index contributed by atoms with van der Waals surface area (Å²) < 4.78 is 7.39. The molecule has 0 spiro atoms. The molecule has 0 aliphatic heterocycles. The maximum Gasteiger partial charge on any atom is 0.326 e. The van der Waals surface area contributed by atoms with Gasteiger partial charge in [-0.1, -0.05) is 54.2 Å². The standard InChI is InChI=1S/C24H29N3O3S/c1-24(2,3)30-22(29)17-27-20-13-8-7-12-19(20)26-23(27)31-15-9-14-25-21(28)16-18-10-5-4-6-11-18/h4-8,10-13H,9,14-17H2,1-3H3,(H,25,28). The van der Waals surface area contributed by atoms with Crippen LogP contribution in [0.15, 0.2) is 59.8 Å². The van der Waals surface area contributed by atoms with Gasteiger partial charge < -0.3 is 14.6 Å². The smallest absolute Gasteiger partial charge is 0.326 e. The fourth-order valence-corrected chi connectivity index (χ4v) is 4.08. The quantitative estimate of drug-likeness (QED) is 0.307. The molecule has 0 aliphatic rings. The Hall–Kier alpha value is -2.80. The number of imidazole rings is 1. The minimum Gasteiger partial charge on any atom is -0.459 e. The van der Waals surface area contributed by atoms with Crippen molar-refractivity contribution in [3.8, 4) is 0 Å². The van der Waals surface area contributed by atoms with Gasteiger partial charge in [-0.15, -0.1) is 0 Å². The molecule has 3 rings (SSSR count). The SMILES string of the molecule is CC(C)(C)OC(=O)Cn1c(SCCCNC(=O)Cc2ccccc2)nc2ccccc21. The minimum absolute atomic E-state index is 0.0216. The molecule has 0 aliphatic carbocycles. The van der Waals surface area contributed by atoms with Crippen molar-refractivity contribution in [3.05, 3.63) is 60.2 Å². The summed E-state index contributed by atoms with van der Waals surface area (Å²) in [6, 6.07) is 17.5. The predicted molar refractivity (Wildman–Crippen MR) is 124 cm³/mol. The van der Waals surface area contributed by atoms with Crippen LogP contribution in [0.2, 0.25) is 0 Å². The molecule has 3 aromatic rings. The van der Waals surface area contributed by atoms with Crippen molar-refractivity contribution in [2.24, 2.45) is 0 Å². The van der Waals surface area contributed by atoms with Crippen molar-refractivity contribution in [3.63, 3.8) is 0 Å². The molecular weight excluding hydrogens is 410 g/mol. The van der Waals surface area contributed by atoms with E-state index in [0.717, 1.165) is 33.9 Å². The summed E-state index contributed by atoms with van der Waals surface area (Å²) in [4.78, 5) is 29.1. The van der Waals surface area contributed by atoms with Gasteiger partial charge >= 0.3 is 5.97 Å². The number of esters is 1. The number of hydrogen-bond donors (Lipinski definition) is 1. The minimum atomic E-state index is -0.529. The lowest BCUT2D eigenvalue weighted by Crippen LogP contribution is -2.27. The molecule has 1 N–H and O–H groups in total. The number of benzene rings is 2. The zero-order valence-electron chi connectivity index (χ0n) is 18.3. The second kappa shape index (κ2) is 10.5. The number of carbonyl (C=O) groups is 2. The molecular formula is C24H29N3O3S. The zero-order chi connectivity index (χ0) is 22.3. The van der Waals surface area contributed by atoms with Gasteiger partial charge in [0.1, 0.15) is 12.1 Å². The van der Waals surface area contributed by atoms with E-state index < -0.39 is 5.60 Å². The molecule has 1 aromatic heterocycles. The Morgan fingerprint density at radius 3 is 2.52 bits per heavy atom. The third kappa shape index (κ3) is 7.14. The van der Waals surface area contributed by atoms with Crippen molar-refractivity contribution in [1.29, 1.82) is 0 Å². The molecule has 7 heteroatoms. The lowest BCUT2D eigenvalue weighted by molar-refractivity contribution is -0.155. The van der Waals surface area contributed by atoms with Gasteiger partial charge in [-0.25, -0.2) is 4.98 Å². The third-order valence-corrected chi connectivity index (χ3v) is 5.47. The maximum absolute atomic E-state index is 12.4. The highest BCUT2D eigenvalue weighted by atomic mass is 32.2. The largest absolute Gasteiger partial charge is 0.459 e. The number of aromatic nitrogens is 2. The number of nitrogens with zero attached hydrogens (tertiary/aromatic N) is 2. The van der Waals surface area contributed by atoms with Gasteiger partial charge in [0.25, 0.3) is 0 Å². The first kappa shape index (κ1) is 22.9. The summed E-state index contributed by atoms with van der Waals surface area (Å²) in [5.74, 6) is 0.516. The Labute approximate surface area is 187 Å². The second-order valence-corrected chi connectivity index (χ2v) is 9.33. The summed E-state index contributed by atoms with van der Waals surface area (Å²) in [7, 11) is 0. The normalized spacial score (nSPS) is 11.5. The topological polar surface area (TPSA) is 73.2 Å². The molecule has 2 aromatic carbocycles. The first-order valence-electron chi connectivity index (χ1n) is 10.4. The van der Waals surface area contributed by atoms with Crippen LogP contribution >= 0.6 is 11.8 Å². The van der Waals surface area contributed by atoms with Crippen molar-refractivity contribution < 1.29 is 14.3 Å². The highest BCUT2D eigenvalue weighted by Gasteiger charge is 2.19. The van der Waals surface area contributed by atoms with Crippen molar-refractivity contribution in [1.82, 2.24) is 14.9 Å². The van der Waals surface area contributed by atoms with E-state index in [1.54, 1.807) is 11.8 Å². The Morgan fingerprint density at radius 2 is 1.77 bits per heavy atom. The lowest BCUT2D eigenvalue weighted by Gasteiger charge is -2.20. The number of amides is 1. The number of fused-ring (bicyclic) bond motifs is 1. The van der Waals surface area contributed by atoms with Crippen molar-refractivity contribution in [2.45, 2.75) is 50.9 Å². The van der Waals surface area contributed by atoms with Gasteiger partial charge in [-0.2, -0.15) is 0 Å². The molecule has 0 bridgehead atoms. The van der Waals surface area contributed by atoms with Crippen LogP contribution in [-0.4, -0.2) is 39.3 Å². The van der Waals surface area contributed by atoms with Crippen molar-refractivity contribution in [2.75, 3.05) is 12.3 Å². The number of nitrogens with one attached hydrogen (secondary N) is 1. The van der Waals surface area contributed by atoms with Crippen LogP contribution in [0.1, 0.15) is 32.8 Å². The molecule has 0 radical (unpaired) electrons. The number of carbonyl (C=O) groups excluding carboxylic acids is 2. The average Bonchev–Trinajstić information content (AvgIpc) is 3.04. The Kier molecular flexibility index (Phi) is 7.74. The summed E-state index contributed by atoms with van der Waals surface area (Å²) >= 11 is 1.58. The molecule has 0 atom stereocenters. The van der Waals surface area contributed by atoms with Crippen molar-refractivity contribution >= 4 is 34.7 Å². The van der Waals surface area contributed by atoms with Gasteiger partial charge in [0.05, 0.1) is 17.5 Å². The molecule has 1 heterocycles. The van der Waals surface area contributed by atoms with E-state index in [1.807, 2.05) is 79.9 Å². The van der Waals surface area contributed by atoms with Crippen LogP contribution in [0.3, 0.4) is 0 Å². The predicted octanol–water partition coefficient (Wildman–Crippen LogP) is 4.22. The van der Waals surface area contributed by atoms with Gasteiger partial charge in [-0.3, -0.25) is 9.59 Å². The summed E-state index contributed by atoms with van der Waals surface area (Å²) in [6.45, 7) is 6.30. The molecule has 0 fully saturated rings. The zero-order valence-corrected chi connectivity index (χ0v) is 19.1. The molecule has 6 nitrogen and oxygen atoms in total. The van der Waals surface area contributed by atoms with Crippen LogP contribution < -0.4 is 5.32 Å². The van der Waals surface area contributed by atoms with Gasteiger partial charge in [0.2, 0.25) is 5.91 Å². The highest BCUT2D eigenvalue weighted by molar-refractivity contribution is 7.99. The summed E-state index contributed by atoms with van der Waals surface area (Å²) in [5, 5.41) is 3.74. The third-order valence-electron chi connectivity index (χ3n) is 4.41. The highest BCUT2D eigenvalue weighted by Crippen LogP contribution is 2.25. The maximum atomic E-state index is 12.4. The molecule has 0 saturated carbocycles. The van der Waals surface area contributed by atoms with Gasteiger partial charge in [0.15, 0.2) is 5.16 Å². The number of rotatable bonds is 9. The summed E-state index contributed by atoms with van der Waals surface area (Å²) in [6.07, 6.45) is 1.19. The van der Waals surface area contributed by atoms with E-state index in [-0.39, 0.29) is 18.4 Å². The Bertz CT molecular complexity index is 1030. The van der Waals surface area contributed by atoms with Crippen LogP contribution in [0.4, 0.5) is 0 Å². The molecule has 164 valence electrons. The lowest BCUT2D eigenvalue weighted by atomic mass is 10.1. The van der Waals surface area contributed by atoms with E-state index in [4.69, 9.17) is 4.74 Å². The molecule has 1 amide bonds. The molecule has 31 heavy (non-hydrogen) atoms. The molecule has 0 saturated heterocycles. The Balaban J connectivity index is 1.53. The first-order valence-corrected chi connectivity index (χ1v) is 11.4. The summed E-state index contributed by atoms with van der Waals surface area (Å²) in [5.41, 5.74) is 2.24. The van der Waals surface area contributed by atoms with E-state index in [1.165, 1.54) is 0 Å². The van der Waals surface area contributed by atoms with E-state index in [9.17, 15) is 9.59 Å². The fraction of sp³-hybridized carbons (Fsp3) is 0.375. The average molecular weight is 440 g/mol.